The fourth-order valence-electron chi connectivity index (χ4n) is 8.74. The van der Waals surface area contributed by atoms with E-state index in [9.17, 15) is 30.3 Å². The summed E-state index contributed by atoms with van der Waals surface area (Å²) >= 11 is 0. The molecule has 1 aliphatic heterocycles. The first-order chi connectivity index (χ1) is 32.3. The molecule has 0 aliphatic carbocycles. The van der Waals surface area contributed by atoms with Crippen LogP contribution in [0.3, 0.4) is 0 Å². The molecule has 0 saturated carbocycles. The lowest BCUT2D eigenvalue weighted by molar-refractivity contribution is -0.302. The van der Waals surface area contributed by atoms with E-state index in [1.54, 1.807) is 6.08 Å². The van der Waals surface area contributed by atoms with Gasteiger partial charge < -0.3 is 40.3 Å². The molecule has 66 heavy (non-hydrogen) atoms. The number of nitrogens with one attached hydrogen (secondary N) is 1. The Morgan fingerprint density at radius 3 is 1.44 bits per heavy atom. The summed E-state index contributed by atoms with van der Waals surface area (Å²) in [4.78, 5) is 13.0. The van der Waals surface area contributed by atoms with Gasteiger partial charge in [-0.2, -0.15) is 0 Å². The van der Waals surface area contributed by atoms with Gasteiger partial charge in [-0.05, 0) is 57.8 Å². The van der Waals surface area contributed by atoms with E-state index in [1.165, 1.54) is 180 Å². The number of carbonyl (C=O) groups is 1. The summed E-state index contributed by atoms with van der Waals surface area (Å²) in [7, 11) is 0. The van der Waals surface area contributed by atoms with E-state index < -0.39 is 49.5 Å². The Hall–Kier alpha value is -1.85. The molecule has 1 heterocycles. The van der Waals surface area contributed by atoms with Crippen LogP contribution in [-0.2, 0) is 14.3 Å². The average Bonchev–Trinajstić information content (AvgIpc) is 3.32. The number of ether oxygens (including phenoxy) is 2. The Bertz CT molecular complexity index is 1170. The molecule has 1 rings (SSSR count). The van der Waals surface area contributed by atoms with Crippen LogP contribution >= 0.6 is 0 Å². The summed E-state index contributed by atoms with van der Waals surface area (Å²) < 4.78 is 11.3. The van der Waals surface area contributed by atoms with Gasteiger partial charge in [0.05, 0.1) is 25.4 Å². The molecule has 0 aromatic heterocycles. The molecule has 1 saturated heterocycles. The van der Waals surface area contributed by atoms with Crippen LogP contribution in [-0.4, -0.2) is 87.5 Å². The topological polar surface area (TPSA) is 149 Å². The monoisotopic (exact) mass is 932 g/mol. The second-order valence-corrected chi connectivity index (χ2v) is 19.3. The van der Waals surface area contributed by atoms with E-state index in [-0.39, 0.29) is 12.5 Å². The first-order valence-corrected chi connectivity index (χ1v) is 27.9. The molecule has 0 bridgehead atoms. The highest BCUT2D eigenvalue weighted by Crippen LogP contribution is 2.23. The van der Waals surface area contributed by atoms with Crippen LogP contribution in [0.5, 0.6) is 0 Å². The molecule has 0 spiro atoms. The number of allylic oxidation sites excluding steroid dienone is 7. The summed E-state index contributed by atoms with van der Waals surface area (Å²) in [6, 6.07) is -0.822. The van der Waals surface area contributed by atoms with E-state index in [4.69, 9.17) is 9.47 Å². The molecule has 0 aromatic carbocycles. The highest BCUT2D eigenvalue weighted by atomic mass is 16.7. The van der Waals surface area contributed by atoms with Crippen molar-refractivity contribution in [2.24, 2.45) is 0 Å². The predicted octanol–water partition coefficient (Wildman–Crippen LogP) is 13.3. The lowest BCUT2D eigenvalue weighted by Crippen LogP contribution is -2.60. The van der Waals surface area contributed by atoms with E-state index in [1.807, 2.05) is 6.08 Å². The molecule has 7 unspecified atom stereocenters. The molecular formula is C57H105NO8. The molecule has 6 N–H and O–H groups in total. The Morgan fingerprint density at radius 1 is 0.530 bits per heavy atom. The zero-order chi connectivity index (χ0) is 48.0. The van der Waals surface area contributed by atoms with Crippen LogP contribution in [0.1, 0.15) is 251 Å². The van der Waals surface area contributed by atoms with Gasteiger partial charge in [0.2, 0.25) is 5.91 Å². The second-order valence-electron chi connectivity index (χ2n) is 19.3. The minimum atomic E-state index is -1.57. The smallest absolute Gasteiger partial charge is 0.220 e. The Morgan fingerprint density at radius 2 is 0.955 bits per heavy atom. The molecule has 9 heteroatoms. The molecule has 7 atom stereocenters. The zero-order valence-electron chi connectivity index (χ0n) is 42.7. The van der Waals surface area contributed by atoms with Crippen LogP contribution in [0.4, 0.5) is 0 Å². The van der Waals surface area contributed by atoms with Crippen molar-refractivity contribution in [1.29, 1.82) is 0 Å². The summed E-state index contributed by atoms with van der Waals surface area (Å²) in [6.07, 6.45) is 54.6. The molecule has 1 amide bonds. The molecule has 1 aliphatic rings. The van der Waals surface area contributed by atoms with Gasteiger partial charge in [-0.1, -0.05) is 236 Å². The quantitative estimate of drug-likeness (QED) is 0.0261. The van der Waals surface area contributed by atoms with Crippen LogP contribution in [0.2, 0.25) is 0 Å². The van der Waals surface area contributed by atoms with Crippen LogP contribution in [0, 0.1) is 0 Å². The standard InChI is InChI=1S/C57H105NO8/c1-3-5-7-9-11-13-15-17-19-21-23-25-27-28-30-32-34-36-38-40-42-44-46-51(60)50(49-65-57-56(64)55(63)54(62)52(48-59)66-57)58-53(61)47-45-43-41-39-37-35-33-31-29-26-24-22-20-18-16-14-12-10-8-6-4-2/h6,8,12,14,36,38,44,46,50-52,54-57,59-60,62-64H,3-5,7,9-11,13,15-35,37,39-43,45,47-49H2,1-2H3,(H,58,61)/b8-6-,14-12-,38-36+,46-44+. The van der Waals surface area contributed by atoms with E-state index in [2.05, 4.69) is 55.6 Å². The van der Waals surface area contributed by atoms with E-state index in [0.717, 1.165) is 51.4 Å². The first kappa shape index (κ1) is 62.2. The van der Waals surface area contributed by atoms with Gasteiger partial charge in [0.1, 0.15) is 24.4 Å². The number of rotatable bonds is 47. The Balaban J connectivity index is 2.27. The largest absolute Gasteiger partial charge is 0.394 e. The number of hydrogen-bond acceptors (Lipinski definition) is 8. The lowest BCUT2D eigenvalue weighted by atomic mass is 9.99. The predicted molar refractivity (Wildman–Crippen MR) is 276 cm³/mol. The van der Waals surface area contributed by atoms with Crippen molar-refractivity contribution in [3.05, 3.63) is 48.6 Å². The highest BCUT2D eigenvalue weighted by Gasteiger charge is 2.44. The maximum absolute atomic E-state index is 13.0. The lowest BCUT2D eigenvalue weighted by Gasteiger charge is -2.40. The van der Waals surface area contributed by atoms with Crippen molar-refractivity contribution >= 4 is 5.91 Å². The summed E-state index contributed by atoms with van der Waals surface area (Å²) in [6.45, 7) is 3.68. The minimum absolute atomic E-state index is 0.186. The van der Waals surface area contributed by atoms with Crippen molar-refractivity contribution in [1.82, 2.24) is 5.32 Å². The fraction of sp³-hybridized carbons (Fsp3) is 0.842. The summed E-state index contributed by atoms with van der Waals surface area (Å²) in [5.41, 5.74) is 0. The van der Waals surface area contributed by atoms with Gasteiger partial charge in [-0.15, -0.1) is 0 Å². The molecule has 1 fully saturated rings. The van der Waals surface area contributed by atoms with Crippen molar-refractivity contribution in [3.63, 3.8) is 0 Å². The van der Waals surface area contributed by atoms with Gasteiger partial charge in [0.25, 0.3) is 0 Å². The third-order valence-electron chi connectivity index (χ3n) is 13.1. The summed E-state index contributed by atoms with van der Waals surface area (Å²) in [5, 5.41) is 54.5. The second kappa shape index (κ2) is 46.9. The fourth-order valence-corrected chi connectivity index (χ4v) is 8.74. The maximum Gasteiger partial charge on any atom is 0.220 e. The summed E-state index contributed by atoms with van der Waals surface area (Å²) in [5.74, 6) is -0.186. The number of unbranched alkanes of at least 4 members (excludes halogenated alkanes) is 31. The van der Waals surface area contributed by atoms with Crippen LogP contribution < -0.4 is 5.32 Å². The van der Waals surface area contributed by atoms with E-state index >= 15 is 0 Å². The number of amides is 1. The molecular weight excluding hydrogens is 827 g/mol. The van der Waals surface area contributed by atoms with Gasteiger partial charge >= 0.3 is 0 Å². The zero-order valence-corrected chi connectivity index (χ0v) is 42.7. The van der Waals surface area contributed by atoms with Gasteiger partial charge in [-0.3, -0.25) is 4.79 Å². The number of aliphatic hydroxyl groups excluding tert-OH is 5. The van der Waals surface area contributed by atoms with Crippen molar-refractivity contribution < 1.29 is 39.8 Å². The normalized spacial score (nSPS) is 20.1. The maximum atomic E-state index is 13.0. The van der Waals surface area contributed by atoms with Gasteiger partial charge in [0, 0.05) is 6.42 Å². The molecule has 9 nitrogen and oxygen atoms in total. The number of hydrogen-bond donors (Lipinski definition) is 6. The van der Waals surface area contributed by atoms with Crippen LogP contribution in [0.15, 0.2) is 48.6 Å². The first-order valence-electron chi connectivity index (χ1n) is 27.9. The van der Waals surface area contributed by atoms with E-state index in [0.29, 0.717) is 6.42 Å². The average molecular weight is 932 g/mol. The SMILES string of the molecule is CC/C=C\C/C=C\CCCCCCCCCCCCCCCCC(=O)NC(COC1OC(CO)C(O)C(O)C1O)C(O)/C=C/CC/C=C/CCCCCCCCCCCCCCCCCC. The van der Waals surface area contributed by atoms with Gasteiger partial charge in [0.15, 0.2) is 6.29 Å². The van der Waals surface area contributed by atoms with Crippen LogP contribution in [0.25, 0.3) is 0 Å². The number of carbonyl (C=O) groups excluding carboxylic acids is 1. The Labute approximate surface area is 405 Å². The van der Waals surface area contributed by atoms with Crippen molar-refractivity contribution in [3.8, 4) is 0 Å². The molecule has 0 aromatic rings. The Kier molecular flexibility index (Phi) is 44.1. The van der Waals surface area contributed by atoms with Gasteiger partial charge in [-0.25, -0.2) is 0 Å². The highest BCUT2D eigenvalue weighted by molar-refractivity contribution is 5.76. The third-order valence-corrected chi connectivity index (χ3v) is 13.1. The number of aliphatic hydroxyl groups is 5. The minimum Gasteiger partial charge on any atom is -0.394 e. The molecule has 386 valence electrons. The third kappa shape index (κ3) is 36.2. The van der Waals surface area contributed by atoms with Crippen molar-refractivity contribution in [2.45, 2.75) is 294 Å². The van der Waals surface area contributed by atoms with Crippen molar-refractivity contribution in [2.75, 3.05) is 13.2 Å². The molecule has 0 radical (unpaired) electrons.